The van der Waals surface area contributed by atoms with Crippen LogP contribution in [0.15, 0.2) is 74.7 Å². The number of aliphatic hydroxyl groups excluding tert-OH is 1. The number of hydrogen-bond donors (Lipinski definition) is 1. The Kier molecular flexibility index (Phi) is 6.88. The van der Waals surface area contributed by atoms with Crippen LogP contribution in [0.4, 0.5) is 5.69 Å². The van der Waals surface area contributed by atoms with E-state index in [1.165, 1.54) is 11.8 Å². The second-order valence-electron chi connectivity index (χ2n) is 5.72. The van der Waals surface area contributed by atoms with Crippen molar-refractivity contribution in [3.05, 3.63) is 75.4 Å². The molecule has 0 fully saturated rings. The molecule has 1 aliphatic heterocycles. The summed E-state index contributed by atoms with van der Waals surface area (Å²) in [5.74, 6) is -0.716. The largest absolute Gasteiger partial charge is 0.506 e. The van der Waals surface area contributed by atoms with Crippen LogP contribution in [0.25, 0.3) is 6.08 Å². The number of esters is 1. The molecule has 2 aromatic rings. The standard InChI is InChI=1S/C21H18ClNO3S2/c1-3-26-21(25)18-19(24)17(12-13-4-10-16(27-2)11-5-13)28-20(18)23-15-8-6-14(22)7-9-15/h4-12,24H,3H2,1-2H3. The van der Waals surface area contributed by atoms with Crippen molar-refractivity contribution in [2.75, 3.05) is 12.9 Å². The van der Waals surface area contributed by atoms with Gasteiger partial charge >= 0.3 is 5.97 Å². The van der Waals surface area contributed by atoms with Gasteiger partial charge in [-0.05, 0) is 61.2 Å². The first kappa shape index (κ1) is 20.6. The number of carbonyl (C=O) groups excluding carboxylic acids is 1. The van der Waals surface area contributed by atoms with Crippen molar-refractivity contribution in [1.82, 2.24) is 0 Å². The summed E-state index contributed by atoms with van der Waals surface area (Å²) in [6.07, 6.45) is 3.84. The van der Waals surface area contributed by atoms with Gasteiger partial charge in [-0.15, -0.1) is 11.8 Å². The number of aliphatic hydroxyl groups is 1. The molecule has 7 heteroatoms. The molecule has 3 rings (SSSR count). The van der Waals surface area contributed by atoms with Crippen LogP contribution < -0.4 is 0 Å². The van der Waals surface area contributed by atoms with E-state index in [-0.39, 0.29) is 17.9 Å². The SMILES string of the molecule is CCOC(=O)C1=C(O)C(=Cc2ccc(SC)cc2)SC1=Nc1ccc(Cl)cc1. The summed E-state index contributed by atoms with van der Waals surface area (Å²) < 4.78 is 5.11. The van der Waals surface area contributed by atoms with Crippen LogP contribution in [0.3, 0.4) is 0 Å². The molecule has 0 bridgehead atoms. The fraction of sp³-hybridized carbons (Fsp3) is 0.143. The molecule has 0 amide bonds. The molecule has 0 aliphatic carbocycles. The highest BCUT2D eigenvalue weighted by molar-refractivity contribution is 8.18. The van der Waals surface area contributed by atoms with E-state index in [1.807, 2.05) is 36.6 Å². The maximum absolute atomic E-state index is 12.4. The Morgan fingerprint density at radius 2 is 1.89 bits per heavy atom. The molecule has 0 atom stereocenters. The highest BCUT2D eigenvalue weighted by atomic mass is 35.5. The zero-order valence-corrected chi connectivity index (χ0v) is 17.7. The van der Waals surface area contributed by atoms with E-state index in [0.717, 1.165) is 10.5 Å². The maximum Gasteiger partial charge on any atom is 0.344 e. The van der Waals surface area contributed by atoms with E-state index < -0.39 is 5.97 Å². The smallest absolute Gasteiger partial charge is 0.344 e. The minimum Gasteiger partial charge on any atom is -0.506 e. The fourth-order valence-corrected chi connectivity index (χ4v) is 4.05. The average Bonchev–Trinajstić information content (AvgIpc) is 2.99. The number of nitrogens with zero attached hydrogens (tertiary/aromatic N) is 1. The third-order valence-corrected chi connectivity index (χ3v) is 5.86. The molecule has 144 valence electrons. The Morgan fingerprint density at radius 3 is 2.50 bits per heavy atom. The molecule has 0 spiro atoms. The van der Waals surface area contributed by atoms with Crippen LogP contribution >= 0.6 is 35.1 Å². The minimum atomic E-state index is -0.596. The number of thioether (sulfide) groups is 2. The van der Waals surface area contributed by atoms with Gasteiger partial charge in [-0.1, -0.05) is 35.5 Å². The summed E-state index contributed by atoms with van der Waals surface area (Å²) in [6, 6.07) is 14.9. The topological polar surface area (TPSA) is 58.9 Å². The van der Waals surface area contributed by atoms with E-state index >= 15 is 0 Å². The van der Waals surface area contributed by atoms with Crippen molar-refractivity contribution in [3.8, 4) is 0 Å². The molecule has 28 heavy (non-hydrogen) atoms. The van der Waals surface area contributed by atoms with Crippen molar-refractivity contribution >= 4 is 57.9 Å². The first-order valence-corrected chi connectivity index (χ1v) is 10.9. The molecule has 0 unspecified atom stereocenters. The lowest BCUT2D eigenvalue weighted by molar-refractivity contribution is -0.138. The van der Waals surface area contributed by atoms with E-state index in [4.69, 9.17) is 16.3 Å². The Hall–Kier alpha value is -2.15. The van der Waals surface area contributed by atoms with Crippen molar-refractivity contribution in [2.45, 2.75) is 11.8 Å². The maximum atomic E-state index is 12.4. The lowest BCUT2D eigenvalue weighted by Crippen LogP contribution is -2.12. The summed E-state index contributed by atoms with van der Waals surface area (Å²) in [5, 5.41) is 11.7. The number of benzene rings is 2. The van der Waals surface area contributed by atoms with Crippen LogP contribution in [-0.4, -0.2) is 29.0 Å². The summed E-state index contributed by atoms with van der Waals surface area (Å²) in [5.41, 5.74) is 1.63. The lowest BCUT2D eigenvalue weighted by atomic mass is 10.1. The highest BCUT2D eigenvalue weighted by Gasteiger charge is 2.33. The van der Waals surface area contributed by atoms with Gasteiger partial charge in [0.15, 0.2) is 0 Å². The molecule has 2 aromatic carbocycles. The molecule has 0 saturated carbocycles. The van der Waals surface area contributed by atoms with Gasteiger partial charge in [-0.2, -0.15) is 0 Å². The van der Waals surface area contributed by atoms with E-state index in [9.17, 15) is 9.90 Å². The van der Waals surface area contributed by atoms with Gasteiger partial charge in [0.1, 0.15) is 16.4 Å². The Balaban J connectivity index is 2.00. The van der Waals surface area contributed by atoms with Gasteiger partial charge in [0.2, 0.25) is 0 Å². The van der Waals surface area contributed by atoms with E-state index in [2.05, 4.69) is 4.99 Å². The van der Waals surface area contributed by atoms with E-state index in [1.54, 1.807) is 43.0 Å². The van der Waals surface area contributed by atoms with E-state index in [0.29, 0.717) is 20.7 Å². The zero-order chi connectivity index (χ0) is 20.1. The number of carbonyl (C=O) groups is 1. The Labute approximate surface area is 177 Å². The van der Waals surface area contributed by atoms with Crippen LogP contribution in [0.5, 0.6) is 0 Å². The number of hydrogen-bond acceptors (Lipinski definition) is 6. The molecule has 0 aromatic heterocycles. The van der Waals surface area contributed by atoms with Gasteiger partial charge in [-0.25, -0.2) is 9.79 Å². The zero-order valence-electron chi connectivity index (χ0n) is 15.3. The molecule has 1 aliphatic rings. The third kappa shape index (κ3) is 4.82. The summed E-state index contributed by atoms with van der Waals surface area (Å²) in [4.78, 5) is 18.6. The quantitative estimate of drug-likeness (QED) is 0.447. The van der Waals surface area contributed by atoms with Gasteiger partial charge < -0.3 is 9.84 Å². The molecule has 1 heterocycles. The monoisotopic (exact) mass is 431 g/mol. The van der Waals surface area contributed by atoms with Crippen molar-refractivity contribution in [2.24, 2.45) is 4.99 Å². The molecule has 0 radical (unpaired) electrons. The van der Waals surface area contributed by atoms with Gasteiger partial charge in [0.05, 0.1) is 17.2 Å². The van der Waals surface area contributed by atoms with Gasteiger partial charge in [0.25, 0.3) is 0 Å². The molecule has 1 N–H and O–H groups in total. The normalized spacial score (nSPS) is 16.8. The first-order valence-electron chi connectivity index (χ1n) is 8.50. The number of halogens is 1. The van der Waals surface area contributed by atoms with Crippen LogP contribution in [0, 0.1) is 0 Å². The molecule has 4 nitrogen and oxygen atoms in total. The Morgan fingerprint density at radius 1 is 1.21 bits per heavy atom. The van der Waals surface area contributed by atoms with Crippen molar-refractivity contribution < 1.29 is 14.6 Å². The summed E-state index contributed by atoms with van der Waals surface area (Å²) in [6.45, 7) is 1.93. The van der Waals surface area contributed by atoms with Crippen LogP contribution in [0.2, 0.25) is 5.02 Å². The second kappa shape index (κ2) is 9.37. The number of rotatable bonds is 5. The average molecular weight is 432 g/mol. The summed E-state index contributed by atoms with van der Waals surface area (Å²) >= 11 is 8.81. The first-order chi connectivity index (χ1) is 13.5. The number of aliphatic imine (C=N–C) groups is 1. The minimum absolute atomic E-state index is 0.0776. The molecular formula is C21H18ClNO3S2. The second-order valence-corrected chi connectivity index (χ2v) is 8.07. The Bertz CT molecular complexity index is 964. The van der Waals surface area contributed by atoms with Gasteiger partial charge in [-0.3, -0.25) is 0 Å². The van der Waals surface area contributed by atoms with Crippen molar-refractivity contribution in [1.29, 1.82) is 0 Å². The third-order valence-electron chi connectivity index (χ3n) is 3.84. The lowest BCUT2D eigenvalue weighted by Gasteiger charge is -2.03. The van der Waals surface area contributed by atoms with Crippen molar-refractivity contribution in [3.63, 3.8) is 0 Å². The summed E-state index contributed by atoms with van der Waals surface area (Å²) in [7, 11) is 0. The fourth-order valence-electron chi connectivity index (χ4n) is 2.48. The van der Waals surface area contributed by atoms with Gasteiger partial charge in [0, 0.05) is 9.92 Å². The predicted octanol–water partition coefficient (Wildman–Crippen LogP) is 6.26. The van der Waals surface area contributed by atoms with Crippen LogP contribution in [-0.2, 0) is 9.53 Å². The molecule has 0 saturated heterocycles. The molecular weight excluding hydrogens is 414 g/mol. The highest BCUT2D eigenvalue weighted by Crippen LogP contribution is 2.40. The van der Waals surface area contributed by atoms with Crippen LogP contribution in [0.1, 0.15) is 12.5 Å². The number of ether oxygens (including phenoxy) is 1. The predicted molar refractivity (Wildman–Crippen MR) is 119 cm³/mol.